The minimum absolute atomic E-state index is 0.303. The largest absolute Gasteiger partial charge is 0.462 e. The summed E-state index contributed by atoms with van der Waals surface area (Å²) in [5, 5.41) is 7.93. The van der Waals surface area contributed by atoms with Gasteiger partial charge in [0.1, 0.15) is 5.56 Å². The van der Waals surface area contributed by atoms with Gasteiger partial charge < -0.3 is 9.72 Å². The number of hydrogen-bond donors (Lipinski definition) is 2. The fourth-order valence-corrected chi connectivity index (χ4v) is 2.17. The van der Waals surface area contributed by atoms with Crippen LogP contribution in [0.5, 0.6) is 0 Å². The summed E-state index contributed by atoms with van der Waals surface area (Å²) in [5.41, 5.74) is 2.94. The second-order valence-corrected chi connectivity index (χ2v) is 5.42. The van der Waals surface area contributed by atoms with Gasteiger partial charge in [0.15, 0.2) is 0 Å². The van der Waals surface area contributed by atoms with Crippen molar-refractivity contribution >= 4 is 16.9 Å². The van der Waals surface area contributed by atoms with Crippen LogP contribution in [0.15, 0.2) is 36.5 Å². The van der Waals surface area contributed by atoms with Crippen molar-refractivity contribution in [2.24, 2.45) is 5.92 Å². The molecule has 0 saturated carbocycles. The number of rotatable bonds is 4. The number of carbonyl (C=O) groups excluding carboxylic acids is 1. The fourth-order valence-electron chi connectivity index (χ4n) is 2.17. The second-order valence-electron chi connectivity index (χ2n) is 5.42. The lowest BCUT2D eigenvalue weighted by atomic mass is 10.2. The Balaban J connectivity index is 1.93. The molecule has 0 spiro atoms. The molecule has 5 heteroatoms. The first-order valence-corrected chi connectivity index (χ1v) is 6.94. The molecule has 21 heavy (non-hydrogen) atoms. The molecule has 2 aromatic heterocycles. The van der Waals surface area contributed by atoms with Gasteiger partial charge >= 0.3 is 5.97 Å². The van der Waals surface area contributed by atoms with Crippen LogP contribution in [0.25, 0.3) is 22.3 Å². The van der Waals surface area contributed by atoms with Gasteiger partial charge in [0.05, 0.1) is 24.2 Å². The number of aromatic amines is 2. The number of hydrogen-bond acceptors (Lipinski definition) is 3. The number of benzene rings is 1. The van der Waals surface area contributed by atoms with E-state index >= 15 is 0 Å². The minimum Gasteiger partial charge on any atom is -0.462 e. The Kier molecular flexibility index (Phi) is 3.48. The van der Waals surface area contributed by atoms with Gasteiger partial charge in [0, 0.05) is 10.9 Å². The van der Waals surface area contributed by atoms with E-state index < -0.39 is 0 Å². The third kappa shape index (κ3) is 2.67. The van der Waals surface area contributed by atoms with Crippen LogP contribution in [0.3, 0.4) is 0 Å². The first-order valence-electron chi connectivity index (χ1n) is 6.94. The molecule has 0 atom stereocenters. The van der Waals surface area contributed by atoms with E-state index in [4.69, 9.17) is 4.74 Å². The van der Waals surface area contributed by atoms with Crippen molar-refractivity contribution in [2.75, 3.05) is 6.61 Å². The van der Waals surface area contributed by atoms with E-state index in [2.05, 4.69) is 15.2 Å². The van der Waals surface area contributed by atoms with E-state index in [9.17, 15) is 4.79 Å². The van der Waals surface area contributed by atoms with Crippen molar-refractivity contribution in [3.8, 4) is 11.4 Å². The quantitative estimate of drug-likeness (QED) is 0.721. The summed E-state index contributed by atoms with van der Waals surface area (Å²) in [6.07, 6.45) is 1.50. The summed E-state index contributed by atoms with van der Waals surface area (Å²) in [7, 11) is 0. The highest BCUT2D eigenvalue weighted by atomic mass is 16.5. The standard InChI is InChI=1S/C16H17N3O2/c1-10(2)9-21-16(20)12-8-17-19-15(12)14-7-11-5-3-4-6-13(11)18-14/h3-8,10,18H,9H2,1-2H3,(H,17,19). The molecule has 2 heterocycles. The van der Waals surface area contributed by atoms with Gasteiger partial charge in [-0.1, -0.05) is 32.0 Å². The zero-order chi connectivity index (χ0) is 14.8. The summed E-state index contributed by atoms with van der Waals surface area (Å²) in [4.78, 5) is 15.4. The van der Waals surface area contributed by atoms with Crippen LogP contribution >= 0.6 is 0 Å². The highest BCUT2D eigenvalue weighted by Crippen LogP contribution is 2.25. The van der Waals surface area contributed by atoms with Crippen LogP contribution in [0.2, 0.25) is 0 Å². The number of esters is 1. The van der Waals surface area contributed by atoms with Gasteiger partial charge in [-0.25, -0.2) is 4.79 Å². The zero-order valence-corrected chi connectivity index (χ0v) is 12.0. The lowest BCUT2D eigenvalue weighted by Gasteiger charge is -2.06. The van der Waals surface area contributed by atoms with Gasteiger partial charge in [-0.15, -0.1) is 0 Å². The molecular weight excluding hydrogens is 266 g/mol. The number of nitrogens with one attached hydrogen (secondary N) is 2. The first kappa shape index (κ1) is 13.4. The van der Waals surface area contributed by atoms with Crippen molar-refractivity contribution in [2.45, 2.75) is 13.8 Å². The maximum Gasteiger partial charge on any atom is 0.342 e. The summed E-state index contributed by atoms with van der Waals surface area (Å²) >= 11 is 0. The molecule has 0 unspecified atom stereocenters. The Bertz CT molecular complexity index is 738. The number of para-hydroxylation sites is 1. The Labute approximate surface area is 122 Å². The molecule has 0 aliphatic carbocycles. The van der Waals surface area contributed by atoms with Crippen molar-refractivity contribution in [3.05, 3.63) is 42.1 Å². The van der Waals surface area contributed by atoms with Gasteiger partial charge in [-0.2, -0.15) is 5.10 Å². The van der Waals surface area contributed by atoms with E-state index in [-0.39, 0.29) is 5.97 Å². The number of fused-ring (bicyclic) bond motifs is 1. The minimum atomic E-state index is -0.355. The van der Waals surface area contributed by atoms with Crippen molar-refractivity contribution in [3.63, 3.8) is 0 Å². The molecule has 5 nitrogen and oxygen atoms in total. The van der Waals surface area contributed by atoms with E-state index in [1.165, 1.54) is 6.20 Å². The Hall–Kier alpha value is -2.56. The highest BCUT2D eigenvalue weighted by molar-refractivity contribution is 5.97. The maximum atomic E-state index is 12.1. The van der Waals surface area contributed by atoms with Crippen molar-refractivity contribution in [1.82, 2.24) is 15.2 Å². The summed E-state index contributed by atoms with van der Waals surface area (Å²) in [6, 6.07) is 9.94. The predicted octanol–water partition coefficient (Wildman–Crippen LogP) is 3.37. The molecule has 0 aliphatic rings. The molecule has 0 saturated heterocycles. The molecule has 3 aromatic rings. The number of H-pyrrole nitrogens is 2. The summed E-state index contributed by atoms with van der Waals surface area (Å²) < 4.78 is 5.27. The maximum absolute atomic E-state index is 12.1. The molecule has 0 bridgehead atoms. The number of ether oxygens (including phenoxy) is 1. The fraction of sp³-hybridized carbons (Fsp3) is 0.250. The van der Waals surface area contributed by atoms with Crippen LogP contribution < -0.4 is 0 Å². The van der Waals surface area contributed by atoms with Crippen LogP contribution in [0, 0.1) is 5.92 Å². The van der Waals surface area contributed by atoms with Crippen LogP contribution in [-0.4, -0.2) is 27.8 Å². The van der Waals surface area contributed by atoms with Crippen LogP contribution in [0.1, 0.15) is 24.2 Å². The number of carbonyl (C=O) groups is 1. The summed E-state index contributed by atoms with van der Waals surface area (Å²) in [5.74, 6) is -0.0523. The zero-order valence-electron chi connectivity index (χ0n) is 12.0. The van der Waals surface area contributed by atoms with Crippen LogP contribution in [-0.2, 0) is 4.74 Å². The van der Waals surface area contributed by atoms with Crippen molar-refractivity contribution < 1.29 is 9.53 Å². The highest BCUT2D eigenvalue weighted by Gasteiger charge is 2.18. The number of aromatic nitrogens is 3. The van der Waals surface area contributed by atoms with Crippen molar-refractivity contribution in [1.29, 1.82) is 0 Å². The normalized spacial score (nSPS) is 11.2. The molecule has 0 fully saturated rings. The van der Waals surface area contributed by atoms with Gasteiger partial charge in [0.2, 0.25) is 0 Å². The molecule has 0 radical (unpaired) electrons. The molecule has 3 rings (SSSR count). The Morgan fingerprint density at radius 3 is 2.90 bits per heavy atom. The van der Waals surface area contributed by atoms with E-state index in [0.717, 1.165) is 16.6 Å². The average molecular weight is 283 g/mol. The average Bonchev–Trinajstić information content (AvgIpc) is 3.10. The van der Waals surface area contributed by atoms with E-state index in [1.807, 2.05) is 44.2 Å². The molecule has 0 aliphatic heterocycles. The molecule has 1 aromatic carbocycles. The van der Waals surface area contributed by atoms with E-state index in [1.54, 1.807) is 0 Å². The topological polar surface area (TPSA) is 70.8 Å². The van der Waals surface area contributed by atoms with Crippen LogP contribution in [0.4, 0.5) is 0 Å². The third-order valence-electron chi connectivity index (χ3n) is 3.21. The molecule has 0 amide bonds. The molecule has 108 valence electrons. The lowest BCUT2D eigenvalue weighted by molar-refractivity contribution is 0.0460. The lowest BCUT2D eigenvalue weighted by Crippen LogP contribution is -2.10. The number of nitrogens with zero attached hydrogens (tertiary/aromatic N) is 1. The Morgan fingerprint density at radius 1 is 1.33 bits per heavy atom. The smallest absolute Gasteiger partial charge is 0.342 e. The van der Waals surface area contributed by atoms with Gasteiger partial charge in [-0.05, 0) is 18.1 Å². The van der Waals surface area contributed by atoms with E-state index in [0.29, 0.717) is 23.8 Å². The van der Waals surface area contributed by atoms with Gasteiger partial charge in [0.25, 0.3) is 0 Å². The Morgan fingerprint density at radius 2 is 2.14 bits per heavy atom. The predicted molar refractivity (Wildman–Crippen MR) is 81.0 cm³/mol. The third-order valence-corrected chi connectivity index (χ3v) is 3.21. The second kappa shape index (κ2) is 5.44. The molecular formula is C16H17N3O2. The van der Waals surface area contributed by atoms with Gasteiger partial charge in [-0.3, -0.25) is 5.10 Å². The first-order chi connectivity index (χ1) is 10.1. The SMILES string of the molecule is CC(C)COC(=O)c1cn[nH]c1-c1cc2ccccc2[nH]1. The molecule has 2 N–H and O–H groups in total. The summed E-state index contributed by atoms with van der Waals surface area (Å²) in [6.45, 7) is 4.40. The monoisotopic (exact) mass is 283 g/mol.